The minimum absolute atomic E-state index is 0.549. The number of rotatable bonds is 5. The third-order valence-electron chi connectivity index (χ3n) is 3.29. The van der Waals surface area contributed by atoms with E-state index in [0.717, 1.165) is 31.7 Å². The molecule has 0 aromatic heterocycles. The molecular formula is C14H19Cl2NO2. The first kappa shape index (κ1) is 14.9. The topological polar surface area (TPSA) is 30.5 Å². The summed E-state index contributed by atoms with van der Waals surface area (Å²) in [5, 5.41) is 4.60. The van der Waals surface area contributed by atoms with Gasteiger partial charge in [-0.05, 0) is 30.9 Å². The molecule has 2 rings (SSSR count). The third-order valence-corrected chi connectivity index (χ3v) is 3.79. The van der Waals surface area contributed by atoms with Gasteiger partial charge in [-0.3, -0.25) is 0 Å². The van der Waals surface area contributed by atoms with Gasteiger partial charge < -0.3 is 14.8 Å². The highest BCUT2D eigenvalue weighted by atomic mass is 35.5. The van der Waals surface area contributed by atoms with Gasteiger partial charge in [0.25, 0.3) is 0 Å². The molecule has 1 aromatic carbocycles. The minimum atomic E-state index is 0.549. The van der Waals surface area contributed by atoms with E-state index in [0.29, 0.717) is 28.3 Å². The van der Waals surface area contributed by atoms with E-state index in [1.165, 1.54) is 6.42 Å². The molecule has 1 unspecified atom stereocenters. The second-order valence-corrected chi connectivity index (χ2v) is 5.64. The molecular weight excluding hydrogens is 285 g/mol. The van der Waals surface area contributed by atoms with Gasteiger partial charge in [-0.1, -0.05) is 23.2 Å². The van der Waals surface area contributed by atoms with E-state index >= 15 is 0 Å². The lowest BCUT2D eigenvalue weighted by molar-refractivity contribution is 0.0547. The van der Waals surface area contributed by atoms with E-state index < -0.39 is 0 Å². The fourth-order valence-corrected chi connectivity index (χ4v) is 2.97. The van der Waals surface area contributed by atoms with E-state index in [-0.39, 0.29) is 0 Å². The molecule has 0 spiro atoms. The highest BCUT2D eigenvalue weighted by molar-refractivity contribution is 6.35. The maximum absolute atomic E-state index is 6.11. The molecule has 0 radical (unpaired) electrons. The van der Waals surface area contributed by atoms with Crippen LogP contribution < -0.4 is 10.1 Å². The molecule has 0 aliphatic carbocycles. The molecule has 3 nitrogen and oxygen atoms in total. The fraction of sp³-hybridized carbons (Fsp3) is 0.571. The van der Waals surface area contributed by atoms with Crippen LogP contribution in [0.1, 0.15) is 18.4 Å². The van der Waals surface area contributed by atoms with E-state index in [4.69, 9.17) is 32.7 Å². The van der Waals surface area contributed by atoms with Crippen LogP contribution in [0.4, 0.5) is 0 Å². The van der Waals surface area contributed by atoms with Gasteiger partial charge in [0.1, 0.15) is 5.75 Å². The Hall–Kier alpha value is -0.480. The van der Waals surface area contributed by atoms with Gasteiger partial charge >= 0.3 is 0 Å². The normalized spacial score (nSPS) is 19.4. The van der Waals surface area contributed by atoms with Crippen LogP contribution in [0, 0.1) is 5.92 Å². The van der Waals surface area contributed by atoms with Crippen molar-refractivity contribution >= 4 is 23.2 Å². The Kier molecular flexibility index (Phi) is 5.76. The zero-order valence-electron chi connectivity index (χ0n) is 11.0. The van der Waals surface area contributed by atoms with Gasteiger partial charge in [0.05, 0.1) is 18.7 Å². The van der Waals surface area contributed by atoms with Crippen molar-refractivity contribution in [3.05, 3.63) is 27.7 Å². The largest absolute Gasteiger partial charge is 0.495 e. The summed E-state index contributed by atoms with van der Waals surface area (Å²) in [6.07, 6.45) is 2.37. The summed E-state index contributed by atoms with van der Waals surface area (Å²) >= 11 is 12.1. The molecule has 5 heteroatoms. The SMILES string of the molecule is COc1c(Cl)cc(Cl)cc1CNCC1CCCOC1. The quantitative estimate of drug-likeness (QED) is 0.903. The summed E-state index contributed by atoms with van der Waals surface area (Å²) in [7, 11) is 1.62. The van der Waals surface area contributed by atoms with Gasteiger partial charge in [-0.2, -0.15) is 0 Å². The molecule has 19 heavy (non-hydrogen) atoms. The van der Waals surface area contributed by atoms with Crippen molar-refractivity contribution in [2.75, 3.05) is 26.9 Å². The van der Waals surface area contributed by atoms with Crippen molar-refractivity contribution in [3.63, 3.8) is 0 Å². The molecule has 1 aliphatic rings. The Morgan fingerprint density at radius 2 is 2.26 bits per heavy atom. The highest BCUT2D eigenvalue weighted by Crippen LogP contribution is 2.32. The van der Waals surface area contributed by atoms with E-state index in [1.807, 2.05) is 6.07 Å². The van der Waals surface area contributed by atoms with E-state index in [9.17, 15) is 0 Å². The van der Waals surface area contributed by atoms with Crippen LogP contribution in [0.25, 0.3) is 0 Å². The molecule has 1 aliphatic heterocycles. The Bertz CT molecular complexity index is 420. The lowest BCUT2D eigenvalue weighted by Gasteiger charge is -2.22. The Morgan fingerprint density at radius 3 is 2.95 bits per heavy atom. The highest BCUT2D eigenvalue weighted by Gasteiger charge is 2.14. The van der Waals surface area contributed by atoms with Crippen LogP contribution in [0.5, 0.6) is 5.75 Å². The number of hydrogen-bond acceptors (Lipinski definition) is 3. The lowest BCUT2D eigenvalue weighted by Crippen LogP contribution is -2.29. The number of hydrogen-bond donors (Lipinski definition) is 1. The molecule has 1 atom stereocenters. The predicted octanol–water partition coefficient (Wildman–Crippen LogP) is 3.52. The van der Waals surface area contributed by atoms with Crippen LogP contribution in [0.15, 0.2) is 12.1 Å². The van der Waals surface area contributed by atoms with Crippen molar-refractivity contribution < 1.29 is 9.47 Å². The van der Waals surface area contributed by atoms with Gasteiger partial charge in [0.2, 0.25) is 0 Å². The number of nitrogens with one attached hydrogen (secondary N) is 1. The summed E-state index contributed by atoms with van der Waals surface area (Å²) in [5.74, 6) is 1.29. The maximum atomic E-state index is 6.11. The Balaban J connectivity index is 1.91. The standard InChI is InChI=1S/C14H19Cl2NO2/c1-18-14-11(5-12(15)6-13(14)16)8-17-7-10-3-2-4-19-9-10/h5-6,10,17H,2-4,7-9H2,1H3. The second kappa shape index (κ2) is 7.34. The summed E-state index contributed by atoms with van der Waals surface area (Å²) in [6.45, 7) is 3.38. The zero-order chi connectivity index (χ0) is 13.7. The van der Waals surface area contributed by atoms with E-state index in [1.54, 1.807) is 13.2 Å². The van der Waals surface area contributed by atoms with Gasteiger partial charge in [0, 0.05) is 30.3 Å². The van der Waals surface area contributed by atoms with E-state index in [2.05, 4.69) is 5.32 Å². The zero-order valence-corrected chi connectivity index (χ0v) is 12.6. The van der Waals surface area contributed by atoms with Crippen LogP contribution in [-0.2, 0) is 11.3 Å². The van der Waals surface area contributed by atoms with Crippen molar-refractivity contribution in [1.82, 2.24) is 5.32 Å². The molecule has 0 bridgehead atoms. The predicted molar refractivity (Wildman–Crippen MR) is 78.3 cm³/mol. The smallest absolute Gasteiger partial charge is 0.142 e. The van der Waals surface area contributed by atoms with Crippen LogP contribution in [0.3, 0.4) is 0 Å². The number of halogens is 2. The van der Waals surface area contributed by atoms with Gasteiger partial charge in [0.15, 0.2) is 0 Å². The maximum Gasteiger partial charge on any atom is 0.142 e. The second-order valence-electron chi connectivity index (χ2n) is 4.79. The average molecular weight is 304 g/mol. The minimum Gasteiger partial charge on any atom is -0.495 e. The molecule has 1 fully saturated rings. The van der Waals surface area contributed by atoms with Gasteiger partial charge in [-0.25, -0.2) is 0 Å². The first-order valence-electron chi connectivity index (χ1n) is 6.51. The number of methoxy groups -OCH3 is 1. The fourth-order valence-electron chi connectivity index (χ4n) is 2.35. The third kappa shape index (κ3) is 4.25. The summed E-state index contributed by atoms with van der Waals surface area (Å²) in [4.78, 5) is 0. The lowest BCUT2D eigenvalue weighted by atomic mass is 10.0. The number of ether oxygens (including phenoxy) is 2. The van der Waals surface area contributed by atoms with Crippen molar-refractivity contribution in [3.8, 4) is 5.75 Å². The van der Waals surface area contributed by atoms with Crippen molar-refractivity contribution in [2.24, 2.45) is 5.92 Å². The molecule has 0 saturated carbocycles. The molecule has 0 amide bonds. The first-order valence-corrected chi connectivity index (χ1v) is 7.26. The molecule has 1 aromatic rings. The van der Waals surface area contributed by atoms with Crippen LogP contribution in [-0.4, -0.2) is 26.9 Å². The number of benzene rings is 1. The Morgan fingerprint density at radius 1 is 1.42 bits per heavy atom. The average Bonchev–Trinajstić information content (AvgIpc) is 2.39. The molecule has 1 heterocycles. The van der Waals surface area contributed by atoms with Crippen LogP contribution in [0.2, 0.25) is 10.0 Å². The molecule has 1 N–H and O–H groups in total. The summed E-state index contributed by atoms with van der Waals surface area (Å²) < 4.78 is 10.8. The van der Waals surface area contributed by atoms with Crippen molar-refractivity contribution in [1.29, 1.82) is 0 Å². The Labute approximate surface area is 124 Å². The monoisotopic (exact) mass is 303 g/mol. The van der Waals surface area contributed by atoms with Crippen LogP contribution >= 0.6 is 23.2 Å². The molecule has 106 valence electrons. The first-order chi connectivity index (χ1) is 9.20. The summed E-state index contributed by atoms with van der Waals surface area (Å²) in [5.41, 5.74) is 0.983. The van der Waals surface area contributed by atoms with Gasteiger partial charge in [-0.15, -0.1) is 0 Å². The van der Waals surface area contributed by atoms with Crippen molar-refractivity contribution in [2.45, 2.75) is 19.4 Å². The molecule has 1 saturated heterocycles. The summed E-state index contributed by atoms with van der Waals surface area (Å²) in [6, 6.07) is 3.58.